The van der Waals surface area contributed by atoms with Crippen LogP contribution in [0.3, 0.4) is 0 Å². The highest BCUT2D eigenvalue weighted by atomic mass is 16.5. The van der Waals surface area contributed by atoms with Crippen molar-refractivity contribution in [3.63, 3.8) is 0 Å². The zero-order valence-electron chi connectivity index (χ0n) is 13.1. The van der Waals surface area contributed by atoms with E-state index in [-0.39, 0.29) is 17.8 Å². The molecule has 22 heavy (non-hydrogen) atoms. The molecule has 116 valence electrons. The molecular formula is C16H19N3O3. The van der Waals surface area contributed by atoms with Crippen molar-refractivity contribution in [1.82, 2.24) is 9.97 Å². The van der Waals surface area contributed by atoms with E-state index in [1.54, 1.807) is 13.2 Å². The molecule has 0 aliphatic carbocycles. The average Bonchev–Trinajstić information content (AvgIpc) is 2.53. The van der Waals surface area contributed by atoms with Crippen LogP contribution in [0.25, 0.3) is 0 Å². The number of anilines is 1. The smallest absolute Gasteiger partial charge is 0.233 e. The Balaban J connectivity index is 2.15. The molecule has 0 bridgehead atoms. The first-order valence-corrected chi connectivity index (χ1v) is 6.88. The topological polar surface area (TPSA) is 73.3 Å². The van der Waals surface area contributed by atoms with Gasteiger partial charge in [0.25, 0.3) is 0 Å². The standard InChI is InChI=1S/C16H19N3O3/c1-10-8-14(22-4)18-16(17-10)19-15(20)11(2)12-6-5-7-13(9-12)21-3/h5-9,11H,1-4H3,(H,17,18,19,20). The fourth-order valence-corrected chi connectivity index (χ4v) is 1.98. The van der Waals surface area contributed by atoms with E-state index >= 15 is 0 Å². The van der Waals surface area contributed by atoms with E-state index in [0.29, 0.717) is 11.6 Å². The summed E-state index contributed by atoms with van der Waals surface area (Å²) in [6.45, 7) is 3.63. The lowest BCUT2D eigenvalue weighted by Gasteiger charge is -2.13. The number of benzene rings is 1. The Labute approximate surface area is 129 Å². The van der Waals surface area contributed by atoms with E-state index in [1.807, 2.05) is 38.1 Å². The third kappa shape index (κ3) is 3.72. The highest BCUT2D eigenvalue weighted by Gasteiger charge is 2.17. The van der Waals surface area contributed by atoms with E-state index in [1.165, 1.54) is 7.11 Å². The number of methoxy groups -OCH3 is 2. The maximum Gasteiger partial charge on any atom is 0.233 e. The first kappa shape index (κ1) is 15.8. The quantitative estimate of drug-likeness (QED) is 0.918. The largest absolute Gasteiger partial charge is 0.497 e. The number of hydrogen-bond acceptors (Lipinski definition) is 5. The van der Waals surface area contributed by atoms with Crippen molar-refractivity contribution in [2.45, 2.75) is 19.8 Å². The molecular weight excluding hydrogens is 282 g/mol. The van der Waals surface area contributed by atoms with Gasteiger partial charge < -0.3 is 9.47 Å². The van der Waals surface area contributed by atoms with Crippen molar-refractivity contribution in [3.05, 3.63) is 41.6 Å². The van der Waals surface area contributed by atoms with Gasteiger partial charge in [0.05, 0.1) is 20.1 Å². The summed E-state index contributed by atoms with van der Waals surface area (Å²) in [5.74, 6) is 0.810. The number of aryl methyl sites for hydroxylation is 1. The Morgan fingerprint density at radius 1 is 1.18 bits per heavy atom. The first-order chi connectivity index (χ1) is 10.5. The van der Waals surface area contributed by atoms with Crippen LogP contribution in [0.1, 0.15) is 24.1 Å². The fraction of sp³-hybridized carbons (Fsp3) is 0.312. The molecule has 0 saturated heterocycles. The van der Waals surface area contributed by atoms with Crippen LogP contribution in [0.15, 0.2) is 30.3 Å². The minimum atomic E-state index is -0.356. The van der Waals surface area contributed by atoms with Gasteiger partial charge in [-0.05, 0) is 31.5 Å². The summed E-state index contributed by atoms with van der Waals surface area (Å²) in [5, 5.41) is 2.71. The molecule has 6 heteroatoms. The lowest BCUT2D eigenvalue weighted by atomic mass is 10.0. The van der Waals surface area contributed by atoms with Gasteiger partial charge in [-0.2, -0.15) is 4.98 Å². The van der Waals surface area contributed by atoms with Crippen LogP contribution in [0, 0.1) is 6.92 Å². The van der Waals surface area contributed by atoms with Gasteiger partial charge in [-0.1, -0.05) is 12.1 Å². The molecule has 0 saturated carbocycles. The minimum absolute atomic E-state index is 0.194. The van der Waals surface area contributed by atoms with E-state index in [9.17, 15) is 4.79 Å². The molecule has 0 aliphatic heterocycles. The third-order valence-corrected chi connectivity index (χ3v) is 3.26. The van der Waals surface area contributed by atoms with Gasteiger partial charge in [0.1, 0.15) is 5.75 Å². The molecule has 0 spiro atoms. The van der Waals surface area contributed by atoms with Crippen molar-refractivity contribution >= 4 is 11.9 Å². The summed E-state index contributed by atoms with van der Waals surface area (Å²) in [7, 11) is 3.11. The average molecular weight is 301 g/mol. The van der Waals surface area contributed by atoms with Gasteiger partial charge in [0, 0.05) is 11.8 Å². The van der Waals surface area contributed by atoms with Crippen LogP contribution in [-0.4, -0.2) is 30.1 Å². The SMILES string of the molecule is COc1cccc(C(C)C(=O)Nc2nc(C)cc(OC)n2)c1. The predicted octanol–water partition coefficient (Wildman–Crippen LogP) is 2.54. The number of ether oxygens (including phenoxy) is 2. The van der Waals surface area contributed by atoms with Gasteiger partial charge in [-0.25, -0.2) is 4.98 Å². The Morgan fingerprint density at radius 3 is 2.64 bits per heavy atom. The van der Waals surface area contributed by atoms with Crippen LogP contribution in [0.5, 0.6) is 11.6 Å². The minimum Gasteiger partial charge on any atom is -0.497 e. The van der Waals surface area contributed by atoms with Gasteiger partial charge in [-0.3, -0.25) is 10.1 Å². The molecule has 2 rings (SSSR count). The summed E-state index contributed by atoms with van der Waals surface area (Å²) < 4.78 is 10.2. The second-order valence-corrected chi connectivity index (χ2v) is 4.86. The molecule has 0 radical (unpaired) electrons. The number of carbonyl (C=O) groups is 1. The van der Waals surface area contributed by atoms with Gasteiger partial charge in [-0.15, -0.1) is 0 Å². The lowest BCUT2D eigenvalue weighted by molar-refractivity contribution is -0.117. The molecule has 1 heterocycles. The molecule has 0 fully saturated rings. The molecule has 1 amide bonds. The van der Waals surface area contributed by atoms with E-state index in [0.717, 1.165) is 11.3 Å². The van der Waals surface area contributed by atoms with E-state index in [2.05, 4.69) is 15.3 Å². The molecule has 1 atom stereocenters. The zero-order valence-corrected chi connectivity index (χ0v) is 13.1. The molecule has 6 nitrogen and oxygen atoms in total. The number of rotatable bonds is 5. The third-order valence-electron chi connectivity index (χ3n) is 3.26. The fourth-order valence-electron chi connectivity index (χ4n) is 1.98. The predicted molar refractivity (Wildman–Crippen MR) is 83.4 cm³/mol. The Bertz CT molecular complexity index is 673. The van der Waals surface area contributed by atoms with Crippen LogP contribution in [0.2, 0.25) is 0 Å². The first-order valence-electron chi connectivity index (χ1n) is 6.88. The van der Waals surface area contributed by atoms with Crippen LogP contribution >= 0.6 is 0 Å². The molecule has 1 aromatic heterocycles. The molecule has 2 aromatic rings. The van der Waals surface area contributed by atoms with Gasteiger partial charge >= 0.3 is 0 Å². The Morgan fingerprint density at radius 2 is 1.95 bits per heavy atom. The van der Waals surface area contributed by atoms with Crippen molar-refractivity contribution < 1.29 is 14.3 Å². The molecule has 1 N–H and O–H groups in total. The second-order valence-electron chi connectivity index (χ2n) is 4.86. The van der Waals surface area contributed by atoms with Crippen molar-refractivity contribution in [2.24, 2.45) is 0 Å². The monoisotopic (exact) mass is 301 g/mol. The van der Waals surface area contributed by atoms with Crippen LogP contribution in [0.4, 0.5) is 5.95 Å². The summed E-state index contributed by atoms with van der Waals surface area (Å²) >= 11 is 0. The van der Waals surface area contributed by atoms with Gasteiger partial charge in [0.15, 0.2) is 0 Å². The highest BCUT2D eigenvalue weighted by molar-refractivity contribution is 5.94. The van der Waals surface area contributed by atoms with Crippen LogP contribution < -0.4 is 14.8 Å². The molecule has 0 aliphatic rings. The van der Waals surface area contributed by atoms with Crippen molar-refractivity contribution in [1.29, 1.82) is 0 Å². The Hall–Kier alpha value is -2.63. The maximum absolute atomic E-state index is 12.4. The Kier molecular flexibility index (Phi) is 4.93. The second kappa shape index (κ2) is 6.89. The molecule has 1 aromatic carbocycles. The number of nitrogens with one attached hydrogen (secondary N) is 1. The van der Waals surface area contributed by atoms with E-state index < -0.39 is 0 Å². The van der Waals surface area contributed by atoms with Crippen molar-refractivity contribution in [3.8, 4) is 11.6 Å². The number of carbonyl (C=O) groups excluding carboxylic acids is 1. The van der Waals surface area contributed by atoms with Crippen LogP contribution in [-0.2, 0) is 4.79 Å². The number of aromatic nitrogens is 2. The summed E-state index contributed by atoms with van der Waals surface area (Å²) in [5.41, 5.74) is 1.58. The summed E-state index contributed by atoms with van der Waals surface area (Å²) in [6, 6.07) is 9.10. The molecule has 1 unspecified atom stereocenters. The van der Waals surface area contributed by atoms with E-state index in [4.69, 9.17) is 9.47 Å². The zero-order chi connectivity index (χ0) is 16.1. The highest BCUT2D eigenvalue weighted by Crippen LogP contribution is 2.22. The lowest BCUT2D eigenvalue weighted by Crippen LogP contribution is -2.20. The van der Waals surface area contributed by atoms with Crippen molar-refractivity contribution in [2.75, 3.05) is 19.5 Å². The normalized spacial score (nSPS) is 11.6. The summed E-state index contributed by atoms with van der Waals surface area (Å²) in [4.78, 5) is 20.6. The number of hydrogen-bond donors (Lipinski definition) is 1. The summed E-state index contributed by atoms with van der Waals surface area (Å²) in [6.07, 6.45) is 0. The van der Waals surface area contributed by atoms with Gasteiger partial charge in [0.2, 0.25) is 17.7 Å². The number of amides is 1. The number of nitrogens with zero attached hydrogens (tertiary/aromatic N) is 2. The maximum atomic E-state index is 12.4.